The molecular weight excluding hydrogens is 445 g/mol. The minimum absolute atomic E-state index is 0.0214. The van der Waals surface area contributed by atoms with Crippen LogP contribution < -0.4 is 20.7 Å². The molecule has 0 radical (unpaired) electrons. The predicted octanol–water partition coefficient (Wildman–Crippen LogP) is 4.38. The number of nitrogens with zero attached hydrogens (tertiary/aromatic N) is 4. The van der Waals surface area contributed by atoms with Crippen LogP contribution in [0.2, 0.25) is 0 Å². The van der Waals surface area contributed by atoms with E-state index in [2.05, 4.69) is 35.2 Å². The Kier molecular flexibility index (Phi) is 7.48. The maximum absolute atomic E-state index is 13.7. The van der Waals surface area contributed by atoms with Crippen molar-refractivity contribution in [2.24, 2.45) is 5.92 Å². The number of carbonyl (C=O) groups is 1. The zero-order valence-electron chi connectivity index (χ0n) is 20.5. The number of benzene rings is 2. The molecule has 8 heteroatoms. The van der Waals surface area contributed by atoms with Crippen LogP contribution in [0.25, 0.3) is 5.69 Å². The van der Waals surface area contributed by atoms with Gasteiger partial charge in [-0.2, -0.15) is 4.68 Å². The van der Waals surface area contributed by atoms with E-state index in [0.29, 0.717) is 18.1 Å². The number of hydrogen-bond acceptors (Lipinski definition) is 5. The monoisotopic (exact) mass is 477 g/mol. The molecule has 7 nitrogen and oxygen atoms in total. The van der Waals surface area contributed by atoms with E-state index in [1.54, 1.807) is 18.2 Å². The van der Waals surface area contributed by atoms with Crippen molar-refractivity contribution in [3.05, 3.63) is 76.3 Å². The zero-order valence-corrected chi connectivity index (χ0v) is 20.5. The Morgan fingerprint density at radius 3 is 2.66 bits per heavy atom. The number of anilines is 3. The first-order valence-corrected chi connectivity index (χ1v) is 12.2. The van der Waals surface area contributed by atoms with Crippen LogP contribution in [0.4, 0.5) is 21.6 Å². The molecule has 1 aliphatic heterocycles. The van der Waals surface area contributed by atoms with Crippen LogP contribution in [0.3, 0.4) is 0 Å². The summed E-state index contributed by atoms with van der Waals surface area (Å²) in [6, 6.07) is 15.0. The van der Waals surface area contributed by atoms with Gasteiger partial charge >= 0.3 is 0 Å². The molecule has 0 bridgehead atoms. The van der Waals surface area contributed by atoms with Gasteiger partial charge in [0.15, 0.2) is 0 Å². The molecule has 2 aromatic carbocycles. The Bertz CT molecular complexity index is 1250. The molecule has 35 heavy (non-hydrogen) atoms. The number of rotatable bonds is 7. The van der Waals surface area contributed by atoms with Gasteiger partial charge in [0.1, 0.15) is 11.6 Å². The molecule has 1 saturated heterocycles. The molecule has 1 N–H and O–H groups in total. The second kappa shape index (κ2) is 10.7. The lowest BCUT2D eigenvalue weighted by Crippen LogP contribution is -2.42. The van der Waals surface area contributed by atoms with Gasteiger partial charge < -0.3 is 15.1 Å². The number of hydrogen-bond donors (Lipinski definition) is 1. The van der Waals surface area contributed by atoms with E-state index < -0.39 is 5.82 Å². The van der Waals surface area contributed by atoms with Crippen LogP contribution in [0, 0.1) is 18.7 Å². The number of aromatic nitrogens is 2. The van der Waals surface area contributed by atoms with Crippen molar-refractivity contribution < 1.29 is 9.18 Å². The number of aryl methyl sites for hydroxylation is 1. The lowest BCUT2D eigenvalue weighted by atomic mass is 9.97. The van der Waals surface area contributed by atoms with Crippen LogP contribution in [0.1, 0.15) is 32.3 Å². The summed E-state index contributed by atoms with van der Waals surface area (Å²) in [5.41, 5.74) is 3.02. The summed E-state index contributed by atoms with van der Waals surface area (Å²) in [6.45, 7) is 9.35. The fraction of sp³-hybridized carbons (Fsp3) is 0.370. The van der Waals surface area contributed by atoms with Gasteiger partial charge in [-0.15, -0.1) is 5.10 Å². The third-order valence-electron chi connectivity index (χ3n) is 6.55. The van der Waals surface area contributed by atoms with Crippen molar-refractivity contribution in [1.82, 2.24) is 9.78 Å². The molecule has 1 amide bonds. The first-order valence-electron chi connectivity index (χ1n) is 12.2. The Morgan fingerprint density at radius 2 is 1.94 bits per heavy atom. The Hall–Kier alpha value is -3.68. The Labute approximate surface area is 205 Å². The number of piperidine rings is 1. The van der Waals surface area contributed by atoms with Gasteiger partial charge in [0.2, 0.25) is 5.91 Å². The molecule has 0 spiro atoms. The van der Waals surface area contributed by atoms with E-state index in [1.807, 2.05) is 24.0 Å². The molecule has 1 aliphatic rings. The number of amides is 1. The minimum Gasteiger partial charge on any atom is -0.372 e. The lowest BCUT2D eigenvalue weighted by molar-refractivity contribution is -0.120. The summed E-state index contributed by atoms with van der Waals surface area (Å²) in [7, 11) is 0. The van der Waals surface area contributed by atoms with Gasteiger partial charge in [-0.05, 0) is 81.6 Å². The van der Waals surface area contributed by atoms with Crippen LogP contribution in [0.15, 0.2) is 59.4 Å². The topological polar surface area (TPSA) is 70.5 Å². The van der Waals surface area contributed by atoms with E-state index in [0.717, 1.165) is 49.4 Å². The van der Waals surface area contributed by atoms with E-state index in [9.17, 15) is 14.0 Å². The highest BCUT2D eigenvalue weighted by atomic mass is 19.1. The summed E-state index contributed by atoms with van der Waals surface area (Å²) in [4.78, 5) is 29.8. The molecule has 3 aromatic rings. The molecule has 2 heterocycles. The SMILES string of the molecule is CCN(CC)c1ccc(NC(=O)C2CCCN(c3ccc(=O)n(-c4cccc(F)c4)n3)C2)c(C)c1. The largest absolute Gasteiger partial charge is 0.372 e. The average molecular weight is 478 g/mol. The third kappa shape index (κ3) is 5.53. The van der Waals surface area contributed by atoms with Crippen molar-refractivity contribution in [3.63, 3.8) is 0 Å². The maximum atomic E-state index is 13.7. The molecular formula is C27H32FN5O2. The summed E-state index contributed by atoms with van der Waals surface area (Å²) in [5, 5.41) is 7.57. The highest BCUT2D eigenvalue weighted by Crippen LogP contribution is 2.26. The molecule has 184 valence electrons. The lowest BCUT2D eigenvalue weighted by Gasteiger charge is -2.33. The normalized spacial score (nSPS) is 15.7. The molecule has 1 aromatic heterocycles. The molecule has 4 rings (SSSR count). The summed E-state index contributed by atoms with van der Waals surface area (Å²) >= 11 is 0. The van der Waals surface area contributed by atoms with Gasteiger partial charge in [0.25, 0.3) is 5.56 Å². The Morgan fingerprint density at radius 1 is 1.14 bits per heavy atom. The van der Waals surface area contributed by atoms with Gasteiger partial charge in [-0.25, -0.2) is 4.39 Å². The van der Waals surface area contributed by atoms with E-state index in [4.69, 9.17) is 0 Å². The fourth-order valence-corrected chi connectivity index (χ4v) is 4.57. The standard InChI is InChI=1S/C27H32FN5O2/c1-4-31(5-2)22-11-12-24(19(3)16-22)29-27(35)20-8-7-15-32(18-20)25-13-14-26(34)33(30-25)23-10-6-9-21(28)17-23/h6,9-14,16-17,20H,4-5,7-8,15,18H2,1-3H3,(H,29,35). The van der Waals surface area contributed by atoms with Gasteiger partial charge in [0, 0.05) is 43.6 Å². The van der Waals surface area contributed by atoms with Crippen LogP contribution in [-0.2, 0) is 4.79 Å². The van der Waals surface area contributed by atoms with Crippen molar-refractivity contribution in [1.29, 1.82) is 0 Å². The molecule has 1 unspecified atom stereocenters. The van der Waals surface area contributed by atoms with Crippen molar-refractivity contribution in [3.8, 4) is 5.69 Å². The van der Waals surface area contributed by atoms with Crippen molar-refractivity contribution in [2.45, 2.75) is 33.6 Å². The second-order valence-electron chi connectivity index (χ2n) is 8.87. The second-order valence-corrected chi connectivity index (χ2v) is 8.87. The van der Waals surface area contributed by atoms with E-state index in [-0.39, 0.29) is 17.4 Å². The van der Waals surface area contributed by atoms with E-state index >= 15 is 0 Å². The first kappa shape index (κ1) is 24.4. The minimum atomic E-state index is -0.434. The molecule has 0 saturated carbocycles. The molecule has 0 aliphatic carbocycles. The highest BCUT2D eigenvalue weighted by molar-refractivity contribution is 5.94. The average Bonchev–Trinajstić information content (AvgIpc) is 2.86. The molecule has 1 fully saturated rings. The van der Waals surface area contributed by atoms with Crippen LogP contribution in [0.5, 0.6) is 0 Å². The van der Waals surface area contributed by atoms with Crippen molar-refractivity contribution >= 4 is 23.1 Å². The Balaban J connectivity index is 1.48. The summed E-state index contributed by atoms with van der Waals surface area (Å²) in [5.74, 6) is -0.0725. The highest BCUT2D eigenvalue weighted by Gasteiger charge is 2.27. The van der Waals surface area contributed by atoms with Crippen LogP contribution >= 0.6 is 0 Å². The quantitative estimate of drug-likeness (QED) is 0.547. The summed E-state index contributed by atoms with van der Waals surface area (Å²) in [6.07, 6.45) is 1.61. The fourth-order valence-electron chi connectivity index (χ4n) is 4.57. The maximum Gasteiger partial charge on any atom is 0.271 e. The predicted molar refractivity (Wildman–Crippen MR) is 138 cm³/mol. The summed E-state index contributed by atoms with van der Waals surface area (Å²) < 4.78 is 14.9. The van der Waals surface area contributed by atoms with Crippen LogP contribution in [-0.4, -0.2) is 41.9 Å². The smallest absolute Gasteiger partial charge is 0.271 e. The molecule has 1 atom stereocenters. The zero-order chi connectivity index (χ0) is 24.9. The van der Waals surface area contributed by atoms with Gasteiger partial charge in [-0.1, -0.05) is 6.07 Å². The number of nitrogens with one attached hydrogen (secondary N) is 1. The van der Waals surface area contributed by atoms with Crippen molar-refractivity contribution in [2.75, 3.05) is 41.3 Å². The number of halogens is 1. The number of carbonyl (C=O) groups excluding carboxylic acids is 1. The van der Waals surface area contributed by atoms with E-state index in [1.165, 1.54) is 22.9 Å². The van der Waals surface area contributed by atoms with Gasteiger partial charge in [0.05, 0.1) is 11.6 Å². The van der Waals surface area contributed by atoms with Gasteiger partial charge in [-0.3, -0.25) is 9.59 Å². The first-order chi connectivity index (χ1) is 16.9. The third-order valence-corrected chi connectivity index (χ3v) is 6.55.